The number of benzene rings is 1. The Morgan fingerprint density at radius 1 is 1.26 bits per heavy atom. The molecular formula is C15H22BrNO2. The van der Waals surface area contributed by atoms with E-state index in [-0.39, 0.29) is 12.6 Å². The Kier molecular flexibility index (Phi) is 4.54. The van der Waals surface area contributed by atoms with Crippen LogP contribution in [-0.4, -0.2) is 24.9 Å². The number of hydrogen-bond acceptors (Lipinski definition) is 3. The third kappa shape index (κ3) is 2.81. The Hall–Kier alpha value is -0.580. The predicted molar refractivity (Wildman–Crippen MR) is 80.9 cm³/mol. The van der Waals surface area contributed by atoms with Crippen LogP contribution >= 0.6 is 15.9 Å². The molecule has 106 valence electrons. The topological polar surface area (TPSA) is 41.5 Å². The third-order valence-electron chi connectivity index (χ3n) is 3.96. The molecule has 1 atom stereocenters. The van der Waals surface area contributed by atoms with E-state index < -0.39 is 0 Å². The van der Waals surface area contributed by atoms with Crippen LogP contribution in [0.2, 0.25) is 0 Å². The molecule has 0 saturated heterocycles. The van der Waals surface area contributed by atoms with Gasteiger partial charge in [-0.05, 0) is 50.3 Å². The van der Waals surface area contributed by atoms with Crippen LogP contribution in [0.5, 0.6) is 5.75 Å². The Bertz CT molecular complexity index is 484. The fourth-order valence-electron chi connectivity index (χ4n) is 2.55. The molecule has 2 rings (SSSR count). The van der Waals surface area contributed by atoms with E-state index in [1.165, 1.54) is 18.4 Å². The summed E-state index contributed by atoms with van der Waals surface area (Å²) in [5.74, 6) is 0.894. The second-order valence-corrected chi connectivity index (χ2v) is 6.11. The van der Waals surface area contributed by atoms with Crippen LogP contribution in [0.15, 0.2) is 4.47 Å². The van der Waals surface area contributed by atoms with E-state index in [0.29, 0.717) is 6.04 Å². The molecule has 1 aromatic carbocycles. The maximum Gasteiger partial charge on any atom is 0.127 e. The molecule has 1 aliphatic carbocycles. The van der Waals surface area contributed by atoms with Crippen LogP contribution in [0, 0.1) is 20.8 Å². The maximum atomic E-state index is 9.72. The Morgan fingerprint density at radius 2 is 1.89 bits per heavy atom. The highest BCUT2D eigenvalue weighted by atomic mass is 79.9. The van der Waals surface area contributed by atoms with E-state index in [1.54, 1.807) is 7.11 Å². The highest BCUT2D eigenvalue weighted by Crippen LogP contribution is 2.40. The first-order valence-corrected chi connectivity index (χ1v) is 7.50. The first kappa shape index (κ1) is 14.8. The van der Waals surface area contributed by atoms with E-state index in [4.69, 9.17) is 4.74 Å². The van der Waals surface area contributed by atoms with Gasteiger partial charge in [-0.3, -0.25) is 0 Å². The van der Waals surface area contributed by atoms with Gasteiger partial charge in [-0.15, -0.1) is 0 Å². The summed E-state index contributed by atoms with van der Waals surface area (Å²) in [5, 5.41) is 13.2. The molecule has 0 amide bonds. The zero-order valence-corrected chi connectivity index (χ0v) is 13.6. The molecule has 0 bridgehead atoms. The summed E-state index contributed by atoms with van der Waals surface area (Å²) in [6.45, 7) is 6.31. The summed E-state index contributed by atoms with van der Waals surface area (Å²) in [6, 6.07) is 0.486. The second kappa shape index (κ2) is 5.81. The van der Waals surface area contributed by atoms with Gasteiger partial charge in [-0.25, -0.2) is 0 Å². The number of ether oxygens (including phenoxy) is 1. The van der Waals surface area contributed by atoms with Gasteiger partial charge in [0.05, 0.1) is 19.8 Å². The lowest BCUT2D eigenvalue weighted by molar-refractivity contribution is 0.239. The molecule has 0 aromatic heterocycles. The molecule has 1 fully saturated rings. The molecular weight excluding hydrogens is 306 g/mol. The van der Waals surface area contributed by atoms with Crippen molar-refractivity contribution >= 4 is 15.9 Å². The highest BCUT2D eigenvalue weighted by Gasteiger charge is 2.29. The normalized spacial score (nSPS) is 16.5. The number of rotatable bonds is 5. The molecule has 0 radical (unpaired) electrons. The predicted octanol–water partition coefficient (Wildman–Crippen LogP) is 3.17. The first-order valence-electron chi connectivity index (χ1n) is 6.71. The summed E-state index contributed by atoms with van der Waals surface area (Å²) in [4.78, 5) is 0. The van der Waals surface area contributed by atoms with Gasteiger partial charge in [0, 0.05) is 16.1 Å². The van der Waals surface area contributed by atoms with Gasteiger partial charge in [0.2, 0.25) is 0 Å². The minimum absolute atomic E-state index is 0.0574. The van der Waals surface area contributed by atoms with Gasteiger partial charge in [0.25, 0.3) is 0 Å². The van der Waals surface area contributed by atoms with Crippen molar-refractivity contribution in [3.63, 3.8) is 0 Å². The first-order chi connectivity index (χ1) is 9.01. The van der Waals surface area contributed by atoms with Crippen molar-refractivity contribution < 1.29 is 9.84 Å². The van der Waals surface area contributed by atoms with Crippen molar-refractivity contribution in [2.45, 2.75) is 45.7 Å². The smallest absolute Gasteiger partial charge is 0.127 e. The Morgan fingerprint density at radius 3 is 2.37 bits per heavy atom. The molecule has 4 heteroatoms. The van der Waals surface area contributed by atoms with Crippen LogP contribution in [0.3, 0.4) is 0 Å². The van der Waals surface area contributed by atoms with Crippen LogP contribution in [0.25, 0.3) is 0 Å². The Labute approximate surface area is 123 Å². The second-order valence-electron chi connectivity index (χ2n) is 5.31. The Balaban J connectivity index is 2.52. The summed E-state index contributed by atoms with van der Waals surface area (Å²) in [7, 11) is 1.70. The maximum absolute atomic E-state index is 9.72. The summed E-state index contributed by atoms with van der Waals surface area (Å²) in [6.07, 6.45) is 2.40. The molecule has 2 N–H and O–H groups in total. The zero-order chi connectivity index (χ0) is 14.2. The molecule has 0 spiro atoms. The fraction of sp³-hybridized carbons (Fsp3) is 0.600. The molecule has 0 aliphatic heterocycles. The molecule has 1 aliphatic rings. The summed E-state index contributed by atoms with van der Waals surface area (Å²) in [5.41, 5.74) is 4.55. The summed E-state index contributed by atoms with van der Waals surface area (Å²) < 4.78 is 6.71. The third-order valence-corrected chi connectivity index (χ3v) is 5.15. The van der Waals surface area contributed by atoms with E-state index in [2.05, 4.69) is 42.0 Å². The van der Waals surface area contributed by atoms with Crippen LogP contribution in [0.1, 0.15) is 41.1 Å². The SMILES string of the molecule is COc1c(C)c(C)c(Br)c(C)c1C(CO)NC1CC1. The van der Waals surface area contributed by atoms with Crippen molar-refractivity contribution in [1.29, 1.82) is 0 Å². The number of methoxy groups -OCH3 is 1. The van der Waals surface area contributed by atoms with Crippen molar-refractivity contribution in [1.82, 2.24) is 5.32 Å². The zero-order valence-electron chi connectivity index (χ0n) is 12.0. The number of nitrogens with one attached hydrogen (secondary N) is 1. The number of hydrogen-bond donors (Lipinski definition) is 2. The average molecular weight is 328 g/mol. The lowest BCUT2D eigenvalue weighted by atomic mass is 9.94. The lowest BCUT2D eigenvalue weighted by Crippen LogP contribution is -2.28. The van der Waals surface area contributed by atoms with Gasteiger partial charge in [-0.1, -0.05) is 15.9 Å². The number of aliphatic hydroxyl groups excluding tert-OH is 1. The van der Waals surface area contributed by atoms with E-state index >= 15 is 0 Å². The van der Waals surface area contributed by atoms with Crippen LogP contribution in [-0.2, 0) is 0 Å². The monoisotopic (exact) mass is 327 g/mol. The van der Waals surface area contributed by atoms with Crippen LogP contribution < -0.4 is 10.1 Å². The minimum Gasteiger partial charge on any atom is -0.496 e. The number of aliphatic hydroxyl groups is 1. The van der Waals surface area contributed by atoms with Gasteiger partial charge >= 0.3 is 0 Å². The van der Waals surface area contributed by atoms with E-state index in [1.807, 2.05) is 0 Å². The van der Waals surface area contributed by atoms with Gasteiger partial charge in [0.1, 0.15) is 5.75 Å². The highest BCUT2D eigenvalue weighted by molar-refractivity contribution is 9.10. The van der Waals surface area contributed by atoms with Crippen molar-refractivity contribution in [3.8, 4) is 5.75 Å². The lowest BCUT2D eigenvalue weighted by Gasteiger charge is -2.25. The molecule has 1 saturated carbocycles. The van der Waals surface area contributed by atoms with Gasteiger partial charge < -0.3 is 15.2 Å². The molecule has 19 heavy (non-hydrogen) atoms. The van der Waals surface area contributed by atoms with Gasteiger partial charge in [0.15, 0.2) is 0 Å². The molecule has 0 heterocycles. The molecule has 3 nitrogen and oxygen atoms in total. The largest absolute Gasteiger partial charge is 0.496 e. The average Bonchev–Trinajstić information content (AvgIpc) is 3.22. The quantitative estimate of drug-likeness (QED) is 0.872. The number of halogens is 1. The van der Waals surface area contributed by atoms with Crippen LogP contribution in [0.4, 0.5) is 0 Å². The van der Waals surface area contributed by atoms with Crippen molar-refractivity contribution in [2.24, 2.45) is 0 Å². The summed E-state index contributed by atoms with van der Waals surface area (Å²) >= 11 is 3.66. The fourth-order valence-corrected chi connectivity index (χ4v) is 3.06. The standard InChI is InChI=1S/C15H22BrNO2/c1-8-9(2)15(19-4)13(10(3)14(8)16)12(7-18)17-11-5-6-11/h11-12,17-18H,5-7H2,1-4H3. The molecule has 1 aromatic rings. The van der Waals surface area contributed by atoms with Gasteiger partial charge in [-0.2, -0.15) is 0 Å². The molecule has 1 unspecified atom stereocenters. The van der Waals surface area contributed by atoms with Crippen molar-refractivity contribution in [2.75, 3.05) is 13.7 Å². The van der Waals surface area contributed by atoms with Crippen molar-refractivity contribution in [3.05, 3.63) is 26.7 Å². The minimum atomic E-state index is -0.0574. The van der Waals surface area contributed by atoms with E-state index in [0.717, 1.165) is 26.9 Å². The van der Waals surface area contributed by atoms with E-state index in [9.17, 15) is 5.11 Å².